The normalized spacial score (nSPS) is 9.00. The lowest BCUT2D eigenvalue weighted by molar-refractivity contribution is -1.63. The first-order chi connectivity index (χ1) is 6.41. The number of unbranched alkanes of at least 4 members (excludes halogenated alkanes) is 1. The Kier molecular flexibility index (Phi) is 11.8. The van der Waals surface area contributed by atoms with E-state index in [1.807, 2.05) is 0 Å². The van der Waals surface area contributed by atoms with E-state index in [1.54, 1.807) is 6.92 Å². The Labute approximate surface area is 86.4 Å². The molecule has 0 spiro atoms. The first-order valence-corrected chi connectivity index (χ1v) is 4.94. The minimum Gasteiger partial charge on any atom is -0.462 e. The molecule has 0 saturated heterocycles. The minimum absolute atomic E-state index is 0.284. The van der Waals surface area contributed by atoms with Gasteiger partial charge in [0.2, 0.25) is 0 Å². The van der Waals surface area contributed by atoms with E-state index in [9.17, 15) is 4.79 Å². The first-order valence-electron chi connectivity index (χ1n) is 3.99. The molecular weight excluding hydrogens is 212 g/mol. The molecule has 0 atom stereocenters. The van der Waals surface area contributed by atoms with Crippen LogP contribution in [0.3, 0.4) is 0 Å². The molecule has 0 amide bonds. The molecule has 1 N–H and O–H groups in total. The SMILES string of the molecule is C=C(C)C(=O)OCCCC.[O-][Cl+2]([O-])O. The average Bonchev–Trinajstić information content (AvgIpc) is 2.03. The van der Waals surface area contributed by atoms with Gasteiger partial charge in [-0.25, -0.2) is 4.79 Å². The second kappa shape index (κ2) is 10.5. The Morgan fingerprint density at radius 2 is 2.00 bits per heavy atom. The molecular formula is C8H15ClO5. The lowest BCUT2D eigenvalue weighted by atomic mass is 10.3. The van der Waals surface area contributed by atoms with Crippen LogP contribution in [0.15, 0.2) is 12.2 Å². The van der Waals surface area contributed by atoms with Gasteiger partial charge in [0.1, 0.15) is 0 Å². The topological polar surface area (TPSA) is 92.7 Å². The Hall–Kier alpha value is -0.620. The summed E-state index contributed by atoms with van der Waals surface area (Å²) in [6.45, 7) is 7.67. The molecule has 0 aliphatic rings. The Balaban J connectivity index is 0. The third-order valence-electron chi connectivity index (χ3n) is 1.08. The molecule has 0 bridgehead atoms. The van der Waals surface area contributed by atoms with Crippen LogP contribution in [0.5, 0.6) is 0 Å². The maximum atomic E-state index is 10.7. The monoisotopic (exact) mass is 226 g/mol. The van der Waals surface area contributed by atoms with Gasteiger partial charge in [0.15, 0.2) is 0 Å². The van der Waals surface area contributed by atoms with Gasteiger partial charge < -0.3 is 14.1 Å². The van der Waals surface area contributed by atoms with Gasteiger partial charge in [-0.05, 0) is 13.3 Å². The Morgan fingerprint density at radius 1 is 1.57 bits per heavy atom. The molecule has 0 aromatic rings. The van der Waals surface area contributed by atoms with Crippen LogP contribution in [-0.2, 0) is 9.53 Å². The fourth-order valence-corrected chi connectivity index (χ4v) is 0.432. The number of carbonyl (C=O) groups excluding carboxylic acids is 1. The molecule has 0 radical (unpaired) electrons. The average molecular weight is 227 g/mol. The number of carbonyl (C=O) groups is 1. The summed E-state index contributed by atoms with van der Waals surface area (Å²) in [6, 6.07) is 0. The largest absolute Gasteiger partial charge is 0.462 e. The zero-order valence-electron chi connectivity index (χ0n) is 8.29. The number of hydrogen-bond donors (Lipinski definition) is 1. The van der Waals surface area contributed by atoms with Crippen molar-refractivity contribution in [3.05, 3.63) is 12.2 Å². The summed E-state index contributed by atoms with van der Waals surface area (Å²) in [6.07, 6.45) is 1.97. The van der Waals surface area contributed by atoms with Gasteiger partial charge in [-0.2, -0.15) is 0 Å². The molecule has 6 heteroatoms. The fourth-order valence-electron chi connectivity index (χ4n) is 0.432. The maximum absolute atomic E-state index is 10.7. The van der Waals surface area contributed by atoms with Crippen LogP contribution in [0.1, 0.15) is 26.7 Å². The molecule has 0 aromatic carbocycles. The maximum Gasteiger partial charge on any atom is 0.333 e. The van der Waals surface area contributed by atoms with Gasteiger partial charge in [0, 0.05) is 10.2 Å². The lowest BCUT2D eigenvalue weighted by Crippen LogP contribution is -2.30. The van der Waals surface area contributed by atoms with Crippen molar-refractivity contribution in [3.8, 4) is 0 Å². The van der Waals surface area contributed by atoms with Crippen molar-refractivity contribution in [2.45, 2.75) is 26.7 Å². The Bertz CT molecular complexity index is 166. The van der Waals surface area contributed by atoms with Gasteiger partial charge in [-0.15, -0.1) is 0 Å². The third kappa shape index (κ3) is 17.5. The van der Waals surface area contributed by atoms with Gasteiger partial charge in [-0.3, -0.25) is 0 Å². The number of halogens is 1. The van der Waals surface area contributed by atoms with Crippen LogP contribution in [0.2, 0.25) is 0 Å². The quantitative estimate of drug-likeness (QED) is 0.376. The second-order valence-electron chi connectivity index (χ2n) is 2.47. The molecule has 5 nitrogen and oxygen atoms in total. The van der Waals surface area contributed by atoms with Crippen LogP contribution in [-0.4, -0.2) is 17.2 Å². The molecule has 0 aliphatic carbocycles. The zero-order chi connectivity index (χ0) is 11.6. The lowest BCUT2D eigenvalue weighted by Gasteiger charge is -2.01. The molecule has 14 heavy (non-hydrogen) atoms. The van der Waals surface area contributed by atoms with Gasteiger partial charge in [0.05, 0.1) is 6.61 Å². The molecule has 0 heterocycles. The van der Waals surface area contributed by atoms with E-state index < -0.39 is 10.8 Å². The van der Waals surface area contributed by atoms with Gasteiger partial charge in [0.25, 0.3) is 10.8 Å². The van der Waals surface area contributed by atoms with Crippen LogP contribution >= 0.6 is 0 Å². The molecule has 0 rings (SSSR count). The molecule has 84 valence electrons. The second-order valence-corrected chi connectivity index (χ2v) is 2.87. The molecule has 0 unspecified atom stereocenters. The van der Waals surface area contributed by atoms with Crippen molar-refractivity contribution in [1.82, 2.24) is 0 Å². The van der Waals surface area contributed by atoms with Crippen molar-refractivity contribution in [3.63, 3.8) is 0 Å². The minimum atomic E-state index is -2.60. The van der Waals surface area contributed by atoms with E-state index in [4.69, 9.17) is 18.7 Å². The van der Waals surface area contributed by atoms with E-state index in [0.29, 0.717) is 12.2 Å². The zero-order valence-corrected chi connectivity index (χ0v) is 9.04. The highest BCUT2D eigenvalue weighted by Crippen LogP contribution is 1.94. The number of ether oxygens (including phenoxy) is 1. The summed E-state index contributed by atoms with van der Waals surface area (Å²) >= 11 is 0. The fraction of sp³-hybridized carbons (Fsp3) is 0.625. The van der Waals surface area contributed by atoms with Crippen LogP contribution in [0, 0.1) is 10.8 Å². The van der Waals surface area contributed by atoms with Crippen molar-refractivity contribution in [2.75, 3.05) is 6.61 Å². The molecule has 0 aliphatic heterocycles. The van der Waals surface area contributed by atoms with E-state index in [-0.39, 0.29) is 5.97 Å². The van der Waals surface area contributed by atoms with Crippen molar-refractivity contribution in [2.24, 2.45) is 0 Å². The molecule has 0 saturated carbocycles. The number of rotatable bonds is 4. The van der Waals surface area contributed by atoms with E-state index in [0.717, 1.165) is 12.8 Å². The van der Waals surface area contributed by atoms with Crippen molar-refractivity contribution < 1.29 is 34.3 Å². The predicted octanol–water partition coefficient (Wildman–Crippen LogP) is -1.03. The smallest absolute Gasteiger partial charge is 0.333 e. The summed E-state index contributed by atoms with van der Waals surface area (Å²) < 4.78 is 28.8. The highest BCUT2D eigenvalue weighted by atomic mass is 35.6. The summed E-state index contributed by atoms with van der Waals surface area (Å²) in [7, 11) is -2.60. The van der Waals surface area contributed by atoms with Gasteiger partial charge >= 0.3 is 5.97 Å². The van der Waals surface area contributed by atoms with Crippen LogP contribution < -0.4 is 9.32 Å². The Morgan fingerprint density at radius 3 is 2.29 bits per heavy atom. The summed E-state index contributed by atoms with van der Waals surface area (Å²) in [5.74, 6) is -0.284. The summed E-state index contributed by atoms with van der Waals surface area (Å²) in [5.41, 5.74) is 0.469. The highest BCUT2D eigenvalue weighted by molar-refractivity contribution is 5.86. The van der Waals surface area contributed by atoms with Crippen LogP contribution in [0.25, 0.3) is 0 Å². The third-order valence-corrected chi connectivity index (χ3v) is 1.08. The van der Waals surface area contributed by atoms with Crippen molar-refractivity contribution >= 4 is 5.97 Å². The van der Waals surface area contributed by atoms with E-state index in [1.165, 1.54) is 0 Å². The molecule has 0 fully saturated rings. The molecule has 0 aromatic heterocycles. The van der Waals surface area contributed by atoms with Crippen LogP contribution in [0.4, 0.5) is 0 Å². The van der Waals surface area contributed by atoms with Crippen molar-refractivity contribution in [1.29, 1.82) is 0 Å². The first kappa shape index (κ1) is 15.8. The van der Waals surface area contributed by atoms with E-state index in [2.05, 4.69) is 13.5 Å². The predicted molar refractivity (Wildman–Crippen MR) is 42.9 cm³/mol. The van der Waals surface area contributed by atoms with Gasteiger partial charge in [-0.1, -0.05) is 19.9 Å². The summed E-state index contributed by atoms with van der Waals surface area (Å²) in [5, 5.41) is 0. The standard InChI is InChI=1S/C8H14O2.ClHO3/c1-4-5-6-10-8(9)7(2)3;2-1(3)4/h2,4-6H2,1,3H3;2H. The van der Waals surface area contributed by atoms with E-state index >= 15 is 0 Å². The number of hydrogen-bond acceptors (Lipinski definition) is 5. The highest BCUT2D eigenvalue weighted by Gasteiger charge is 2.00. The summed E-state index contributed by atoms with van der Waals surface area (Å²) in [4.78, 5) is 10.7. The number of esters is 1.